The molecule has 17 aromatic rings. The second-order valence-corrected chi connectivity index (χ2v) is 20.4. The molecule has 0 amide bonds. The first kappa shape index (κ1) is 40.6. The molecule has 3 nitrogen and oxygen atoms in total. The number of para-hydroxylation sites is 4. The van der Waals surface area contributed by atoms with E-state index in [1.54, 1.807) is 0 Å². The summed E-state index contributed by atoms with van der Waals surface area (Å²) in [5, 5.41) is 17.9. The molecule has 0 aliphatic carbocycles. The number of benzene rings is 13. The SMILES string of the molecule is c1ccc2c(c1)c1ccccc1c1cc(-n3c4ccccc4c4cc(-c5ccc(-c6ccc7c(c6)c6ccccc6n7-c6ccc(-c7cc8c9ccccc9n9c%10ccccc%10c(c7)c89)cc6)cc5)ccc43)ccc21. The molecule has 0 aliphatic heterocycles. The van der Waals surface area contributed by atoms with Crippen LogP contribution in [0.3, 0.4) is 0 Å². The van der Waals surface area contributed by atoms with Crippen LogP contribution < -0.4 is 0 Å². The summed E-state index contributed by atoms with van der Waals surface area (Å²) in [5.74, 6) is 0. The molecule has 0 unspecified atom stereocenters. The minimum atomic E-state index is 1.15. The van der Waals surface area contributed by atoms with E-state index in [1.165, 1.54) is 153 Å². The van der Waals surface area contributed by atoms with Gasteiger partial charge in [0.1, 0.15) is 0 Å². The van der Waals surface area contributed by atoms with Crippen LogP contribution >= 0.6 is 0 Å². The second-order valence-electron chi connectivity index (χ2n) is 20.4. The van der Waals surface area contributed by atoms with E-state index in [1.807, 2.05) is 0 Å². The number of hydrogen-bond donors (Lipinski definition) is 0. The molecule has 0 fully saturated rings. The van der Waals surface area contributed by atoms with E-state index in [0.29, 0.717) is 0 Å². The zero-order chi connectivity index (χ0) is 48.9. The van der Waals surface area contributed by atoms with Crippen LogP contribution in [0.4, 0.5) is 0 Å². The fourth-order valence-corrected chi connectivity index (χ4v) is 13.2. The van der Waals surface area contributed by atoms with Gasteiger partial charge in [-0.3, -0.25) is 0 Å². The minimum absolute atomic E-state index is 1.15. The van der Waals surface area contributed by atoms with Crippen molar-refractivity contribution in [3.8, 4) is 44.8 Å². The molecule has 0 bridgehead atoms. The fourth-order valence-electron chi connectivity index (χ4n) is 13.2. The van der Waals surface area contributed by atoms with Gasteiger partial charge >= 0.3 is 0 Å². The largest absolute Gasteiger partial charge is 0.309 e. The lowest BCUT2D eigenvalue weighted by atomic mass is 9.94. The Hall–Kier alpha value is -9.96. The van der Waals surface area contributed by atoms with Crippen molar-refractivity contribution >= 4 is 114 Å². The van der Waals surface area contributed by atoms with Crippen molar-refractivity contribution in [3.63, 3.8) is 0 Å². The van der Waals surface area contributed by atoms with Gasteiger partial charge in [-0.05, 0) is 151 Å². The highest BCUT2D eigenvalue weighted by atomic mass is 15.0. The summed E-state index contributed by atoms with van der Waals surface area (Å²) in [5.41, 5.74) is 18.2. The van der Waals surface area contributed by atoms with Gasteiger partial charge in [0.05, 0.1) is 38.6 Å². The molecule has 0 saturated carbocycles. The van der Waals surface area contributed by atoms with Crippen LogP contribution in [0.15, 0.2) is 261 Å². The van der Waals surface area contributed by atoms with Gasteiger partial charge in [0.2, 0.25) is 0 Å². The Morgan fingerprint density at radius 2 is 0.493 bits per heavy atom. The van der Waals surface area contributed by atoms with E-state index >= 15 is 0 Å². The van der Waals surface area contributed by atoms with Gasteiger partial charge in [0.25, 0.3) is 0 Å². The van der Waals surface area contributed by atoms with Gasteiger partial charge in [0.15, 0.2) is 0 Å². The molecule has 3 heteroatoms. The van der Waals surface area contributed by atoms with Crippen molar-refractivity contribution in [3.05, 3.63) is 261 Å². The van der Waals surface area contributed by atoms with Crippen molar-refractivity contribution in [2.45, 2.75) is 0 Å². The molecular weight excluding hydrogens is 907 g/mol. The van der Waals surface area contributed by atoms with Crippen LogP contribution in [0.25, 0.3) is 159 Å². The molecule has 0 saturated heterocycles. The predicted octanol–water partition coefficient (Wildman–Crippen LogP) is 19.5. The van der Waals surface area contributed by atoms with Crippen molar-refractivity contribution < 1.29 is 0 Å². The highest BCUT2D eigenvalue weighted by Crippen LogP contribution is 2.44. The van der Waals surface area contributed by atoms with Crippen LogP contribution in [-0.4, -0.2) is 13.5 Å². The van der Waals surface area contributed by atoms with Crippen LogP contribution in [0.1, 0.15) is 0 Å². The Bertz CT molecular complexity index is 5100. The lowest BCUT2D eigenvalue weighted by Crippen LogP contribution is -1.94. The number of nitrogens with zero attached hydrogens (tertiary/aromatic N) is 3. The van der Waals surface area contributed by atoms with Crippen molar-refractivity contribution in [1.82, 2.24) is 13.5 Å². The van der Waals surface area contributed by atoms with E-state index in [0.717, 1.165) is 5.69 Å². The fraction of sp³-hybridized carbons (Fsp3) is 0. The Balaban J connectivity index is 0.718. The zero-order valence-electron chi connectivity index (χ0n) is 40.7. The molecule has 346 valence electrons. The van der Waals surface area contributed by atoms with Crippen LogP contribution in [0, 0.1) is 0 Å². The first-order valence-corrected chi connectivity index (χ1v) is 26.0. The molecule has 0 radical (unpaired) electrons. The van der Waals surface area contributed by atoms with Crippen molar-refractivity contribution in [2.75, 3.05) is 0 Å². The molecule has 0 atom stereocenters. The number of hydrogen-bond acceptors (Lipinski definition) is 0. The maximum absolute atomic E-state index is 2.45. The molecule has 17 rings (SSSR count). The predicted molar refractivity (Wildman–Crippen MR) is 319 cm³/mol. The summed E-state index contributed by atoms with van der Waals surface area (Å²) in [4.78, 5) is 0. The third-order valence-corrected chi connectivity index (χ3v) is 16.5. The van der Waals surface area contributed by atoms with Crippen LogP contribution in [-0.2, 0) is 0 Å². The molecule has 13 aromatic carbocycles. The zero-order valence-corrected chi connectivity index (χ0v) is 40.7. The average Bonchev–Trinajstić information content (AvgIpc) is 4.28. The third kappa shape index (κ3) is 5.75. The van der Waals surface area contributed by atoms with E-state index in [4.69, 9.17) is 0 Å². The topological polar surface area (TPSA) is 14.3 Å². The quantitative estimate of drug-likeness (QED) is 0.153. The van der Waals surface area contributed by atoms with E-state index in [-0.39, 0.29) is 0 Å². The van der Waals surface area contributed by atoms with E-state index in [2.05, 4.69) is 274 Å². The van der Waals surface area contributed by atoms with Crippen LogP contribution in [0.5, 0.6) is 0 Å². The van der Waals surface area contributed by atoms with Gasteiger partial charge < -0.3 is 13.5 Å². The molecular formula is C72H43N3. The Morgan fingerprint density at radius 3 is 0.987 bits per heavy atom. The summed E-state index contributed by atoms with van der Waals surface area (Å²) in [7, 11) is 0. The van der Waals surface area contributed by atoms with Gasteiger partial charge in [-0.1, -0.05) is 176 Å². The van der Waals surface area contributed by atoms with Crippen molar-refractivity contribution in [1.29, 1.82) is 0 Å². The van der Waals surface area contributed by atoms with E-state index < -0.39 is 0 Å². The summed E-state index contributed by atoms with van der Waals surface area (Å²) in [6.45, 7) is 0. The first-order chi connectivity index (χ1) is 37.2. The lowest BCUT2D eigenvalue weighted by Gasteiger charge is -2.14. The Labute approximate surface area is 430 Å². The number of rotatable bonds is 5. The normalized spacial score (nSPS) is 12.3. The van der Waals surface area contributed by atoms with E-state index in [9.17, 15) is 0 Å². The second kappa shape index (κ2) is 15.3. The molecule has 4 heterocycles. The first-order valence-electron chi connectivity index (χ1n) is 26.0. The summed E-state index contributed by atoms with van der Waals surface area (Å²) in [6.07, 6.45) is 0. The molecule has 0 aliphatic rings. The third-order valence-electron chi connectivity index (χ3n) is 16.5. The van der Waals surface area contributed by atoms with Gasteiger partial charge in [-0.2, -0.15) is 0 Å². The molecule has 0 spiro atoms. The molecule has 75 heavy (non-hydrogen) atoms. The highest BCUT2D eigenvalue weighted by molar-refractivity contribution is 6.26. The summed E-state index contributed by atoms with van der Waals surface area (Å²) < 4.78 is 7.31. The minimum Gasteiger partial charge on any atom is -0.309 e. The van der Waals surface area contributed by atoms with Gasteiger partial charge in [-0.25, -0.2) is 0 Å². The Morgan fingerprint density at radius 1 is 0.173 bits per heavy atom. The number of aromatic nitrogens is 3. The summed E-state index contributed by atoms with van der Waals surface area (Å²) in [6, 6.07) is 97.0. The van der Waals surface area contributed by atoms with Crippen LogP contribution in [0.2, 0.25) is 0 Å². The highest BCUT2D eigenvalue weighted by Gasteiger charge is 2.20. The summed E-state index contributed by atoms with van der Waals surface area (Å²) >= 11 is 0. The Kier molecular flexibility index (Phi) is 8.28. The molecule has 4 aromatic heterocycles. The average molecular weight is 950 g/mol. The molecule has 0 N–H and O–H groups in total. The van der Waals surface area contributed by atoms with Gasteiger partial charge in [0, 0.05) is 54.5 Å². The maximum Gasteiger partial charge on any atom is 0.0620 e. The standard InChI is InChI=1S/C72H43N3/c1-2-15-54-52(13-1)53-14-3-4-16-55(53)61-43-51(35-36-56(54)61)74-67-22-10-6-18-58(67)63-40-48(32-38-71(63)74)45-27-25-44(26-28-45)47-31-37-70-62(39-47)57-17-5-9-21-66(57)73(70)50-33-29-46(30-34-50)49-41-64-59-19-7-11-23-68(59)75-69-24-12-8-20-60(69)65(42-49)72(64)75/h1-43H. The number of fused-ring (bicyclic) bond motifs is 18. The maximum atomic E-state index is 2.45. The smallest absolute Gasteiger partial charge is 0.0620 e. The van der Waals surface area contributed by atoms with Crippen molar-refractivity contribution in [2.24, 2.45) is 0 Å². The monoisotopic (exact) mass is 949 g/mol. The van der Waals surface area contributed by atoms with Gasteiger partial charge in [-0.15, -0.1) is 0 Å². The lowest BCUT2D eigenvalue weighted by molar-refractivity contribution is 1.18.